The first kappa shape index (κ1) is 41.8. The van der Waals surface area contributed by atoms with E-state index in [1.54, 1.807) is 58.9 Å². The second-order valence-corrected chi connectivity index (χ2v) is 20.8. The molecule has 1 aromatic carbocycles. The van der Waals surface area contributed by atoms with Gasteiger partial charge in [-0.1, -0.05) is 46.8 Å². The molecule has 4 fully saturated rings. The molecule has 300 valence electrons. The first-order valence-electron chi connectivity index (χ1n) is 20.3. The third-order valence-corrected chi connectivity index (χ3v) is 15.2. The second-order valence-electron chi connectivity index (χ2n) is 20.8. The van der Waals surface area contributed by atoms with Crippen LogP contribution in [0.2, 0.25) is 0 Å². The molecule has 53 heavy (non-hydrogen) atoms. The molecule has 4 saturated carbocycles. The lowest BCUT2D eigenvalue weighted by molar-refractivity contribution is -0.251. The van der Waals surface area contributed by atoms with Crippen molar-refractivity contribution in [3.63, 3.8) is 0 Å². The number of phenols is 1. The molecule has 0 radical (unpaired) electrons. The number of aliphatic hydroxyl groups is 3. The predicted molar refractivity (Wildman–Crippen MR) is 206 cm³/mol. The number of carbonyl (C=O) groups is 2. The van der Waals surface area contributed by atoms with Crippen LogP contribution in [0.1, 0.15) is 146 Å². The number of rotatable bonds is 10. The van der Waals surface area contributed by atoms with Crippen molar-refractivity contribution >= 4 is 12.1 Å². The van der Waals surface area contributed by atoms with E-state index in [9.17, 15) is 30.0 Å². The van der Waals surface area contributed by atoms with Gasteiger partial charge in [0.15, 0.2) is 0 Å². The molecule has 4 aliphatic carbocycles. The number of phenolic OH excluding ortho intramolecular Hbond substituents is 1. The van der Waals surface area contributed by atoms with E-state index in [-0.39, 0.29) is 57.7 Å². The first-order valence-corrected chi connectivity index (χ1v) is 20.3. The van der Waals surface area contributed by atoms with Gasteiger partial charge in [0.05, 0.1) is 17.3 Å². The molecule has 0 aliphatic heterocycles. The molecule has 0 aromatic heterocycles. The Morgan fingerprint density at radius 3 is 2.09 bits per heavy atom. The summed E-state index contributed by atoms with van der Waals surface area (Å²) in [7, 11) is 0. The molecule has 11 atom stereocenters. The molecular formula is C44H71NO8. The van der Waals surface area contributed by atoms with Gasteiger partial charge in [-0.05, 0) is 163 Å². The summed E-state index contributed by atoms with van der Waals surface area (Å²) in [5.74, 6) is -0.155. The van der Waals surface area contributed by atoms with Crippen molar-refractivity contribution in [3.05, 3.63) is 29.8 Å². The highest BCUT2D eigenvalue weighted by molar-refractivity contribution is 5.82. The second kappa shape index (κ2) is 14.3. The van der Waals surface area contributed by atoms with Crippen LogP contribution in [0.3, 0.4) is 0 Å². The van der Waals surface area contributed by atoms with Gasteiger partial charge in [-0.25, -0.2) is 9.59 Å². The number of hydrogen-bond donors (Lipinski definition) is 5. The minimum atomic E-state index is -1.04. The summed E-state index contributed by atoms with van der Waals surface area (Å²) in [5.41, 5.74) is -2.54. The van der Waals surface area contributed by atoms with Crippen molar-refractivity contribution in [3.8, 4) is 5.75 Å². The fourth-order valence-corrected chi connectivity index (χ4v) is 12.3. The van der Waals surface area contributed by atoms with Crippen LogP contribution in [0.15, 0.2) is 24.3 Å². The fraction of sp³-hybridized carbons (Fsp3) is 0.818. The molecule has 0 spiro atoms. The van der Waals surface area contributed by atoms with Gasteiger partial charge in [-0.15, -0.1) is 0 Å². The number of fused-ring (bicyclic) bond motifs is 5. The number of nitrogens with one attached hydrogen (secondary N) is 1. The molecule has 9 heteroatoms. The summed E-state index contributed by atoms with van der Waals surface area (Å²) in [6.45, 7) is 22.6. The Morgan fingerprint density at radius 2 is 1.49 bits per heavy atom. The summed E-state index contributed by atoms with van der Waals surface area (Å²) >= 11 is 0. The van der Waals surface area contributed by atoms with E-state index in [1.165, 1.54) is 0 Å². The van der Waals surface area contributed by atoms with Crippen LogP contribution in [0.25, 0.3) is 0 Å². The predicted octanol–water partition coefficient (Wildman–Crippen LogP) is 8.09. The van der Waals surface area contributed by atoms with Crippen molar-refractivity contribution < 1.29 is 39.5 Å². The molecule has 0 bridgehead atoms. The van der Waals surface area contributed by atoms with Crippen molar-refractivity contribution in [1.82, 2.24) is 5.32 Å². The lowest BCUT2D eigenvalue weighted by Gasteiger charge is -2.70. The molecule has 0 unspecified atom stereocenters. The maximum atomic E-state index is 14.6. The number of amides is 1. The third kappa shape index (κ3) is 8.14. The number of esters is 1. The largest absolute Gasteiger partial charge is 0.508 e. The van der Waals surface area contributed by atoms with Crippen LogP contribution >= 0.6 is 0 Å². The van der Waals surface area contributed by atoms with Crippen molar-refractivity contribution in [2.24, 2.45) is 45.3 Å². The average Bonchev–Trinajstić information content (AvgIpc) is 3.39. The van der Waals surface area contributed by atoms with E-state index in [0.29, 0.717) is 31.6 Å². The molecular weight excluding hydrogens is 670 g/mol. The zero-order chi connectivity index (χ0) is 39.6. The minimum Gasteiger partial charge on any atom is -0.508 e. The van der Waals surface area contributed by atoms with Gasteiger partial charge < -0.3 is 35.2 Å². The number of ether oxygens (including phenoxy) is 2. The number of benzene rings is 1. The monoisotopic (exact) mass is 742 g/mol. The van der Waals surface area contributed by atoms with Crippen LogP contribution in [0.5, 0.6) is 5.75 Å². The summed E-state index contributed by atoms with van der Waals surface area (Å²) in [6, 6.07) is 5.54. The average molecular weight is 742 g/mol. The summed E-state index contributed by atoms with van der Waals surface area (Å²) in [4.78, 5) is 27.8. The Hall–Kier alpha value is -2.36. The molecule has 4 aliphatic rings. The van der Waals surface area contributed by atoms with E-state index in [0.717, 1.165) is 44.1 Å². The number of alkyl carbamates (subject to hydrolysis) is 1. The Kier molecular flexibility index (Phi) is 11.3. The SMILES string of the molecule is CC(C)(O)CCC[C@@](C)(O)[C@H]1CC[C@]2(C)[C@@H]1[C@H](OC(=O)[C@H](Cc1ccc(O)cc1)NC(=O)OC(C)(C)C)C[C@@H]1[C@@]3(C)CC[C@H](O)C(C)(C)[C@@H]3CC[C@]12C. The van der Waals surface area contributed by atoms with Crippen LogP contribution in [-0.2, 0) is 20.7 Å². The summed E-state index contributed by atoms with van der Waals surface area (Å²) < 4.78 is 12.4. The van der Waals surface area contributed by atoms with E-state index in [4.69, 9.17) is 9.47 Å². The Morgan fingerprint density at radius 1 is 0.868 bits per heavy atom. The highest BCUT2D eigenvalue weighted by Crippen LogP contribution is 2.76. The minimum absolute atomic E-state index is 0.0810. The van der Waals surface area contributed by atoms with Gasteiger partial charge in [-0.2, -0.15) is 0 Å². The maximum Gasteiger partial charge on any atom is 0.408 e. The Bertz CT molecular complexity index is 1480. The molecule has 1 amide bonds. The molecule has 5 rings (SSSR count). The van der Waals surface area contributed by atoms with Crippen LogP contribution in [0, 0.1) is 45.3 Å². The quantitative estimate of drug-likeness (QED) is 0.151. The topological polar surface area (TPSA) is 146 Å². The third-order valence-electron chi connectivity index (χ3n) is 15.2. The van der Waals surface area contributed by atoms with Gasteiger partial charge in [0.1, 0.15) is 23.5 Å². The number of carbonyl (C=O) groups excluding carboxylic acids is 2. The Balaban J connectivity index is 1.54. The fourth-order valence-electron chi connectivity index (χ4n) is 12.3. The molecule has 9 nitrogen and oxygen atoms in total. The standard InChI is InChI=1S/C44H71NO8/c1-38(2,3)53-37(49)45-30(25-27-13-15-28(46)16-14-27)36(48)52-31-26-33-41(8)22-19-34(47)40(6,7)32(41)18-24-42(33,9)43(10)23-17-29(35(31)43)44(11,51)21-12-20-39(4,5)50/h13-16,29-35,46-47,50-51H,12,17-26H2,1-11H3,(H,45,49)/t29-,30-,31+,32-,33+,34-,35-,41-,42+,43+,44+/m0/s1. The van der Waals surface area contributed by atoms with Gasteiger partial charge >= 0.3 is 12.1 Å². The lowest BCUT2D eigenvalue weighted by atomic mass is 9.35. The zero-order valence-corrected chi connectivity index (χ0v) is 34.6. The molecule has 1 aromatic rings. The van der Waals surface area contributed by atoms with Crippen molar-refractivity contribution in [2.75, 3.05) is 0 Å². The molecule has 5 N–H and O–H groups in total. The van der Waals surface area contributed by atoms with Gasteiger partial charge in [0.2, 0.25) is 0 Å². The highest BCUT2D eigenvalue weighted by Gasteiger charge is 2.72. The van der Waals surface area contributed by atoms with Gasteiger partial charge in [0, 0.05) is 12.3 Å². The first-order chi connectivity index (χ1) is 24.2. The van der Waals surface area contributed by atoms with E-state index in [2.05, 4.69) is 39.9 Å². The smallest absolute Gasteiger partial charge is 0.408 e. The summed E-state index contributed by atoms with van der Waals surface area (Å²) in [5, 5.41) is 46.8. The molecule has 0 saturated heterocycles. The maximum absolute atomic E-state index is 14.6. The highest BCUT2D eigenvalue weighted by atomic mass is 16.6. The number of aliphatic hydroxyl groups excluding tert-OH is 1. The van der Waals surface area contributed by atoms with E-state index >= 15 is 0 Å². The van der Waals surface area contributed by atoms with Crippen molar-refractivity contribution in [1.29, 1.82) is 0 Å². The van der Waals surface area contributed by atoms with E-state index in [1.807, 2.05) is 6.92 Å². The van der Waals surface area contributed by atoms with Crippen molar-refractivity contribution in [2.45, 2.75) is 182 Å². The molecule has 0 heterocycles. The van der Waals surface area contributed by atoms with Gasteiger partial charge in [-0.3, -0.25) is 0 Å². The number of aromatic hydroxyl groups is 1. The van der Waals surface area contributed by atoms with Crippen LogP contribution < -0.4 is 5.32 Å². The van der Waals surface area contributed by atoms with Gasteiger partial charge in [0.25, 0.3) is 0 Å². The zero-order valence-electron chi connectivity index (χ0n) is 34.6. The Labute approximate surface area is 319 Å². The van der Waals surface area contributed by atoms with Crippen LogP contribution in [0.4, 0.5) is 4.79 Å². The van der Waals surface area contributed by atoms with E-state index < -0.39 is 41.0 Å². The summed E-state index contributed by atoms with van der Waals surface area (Å²) in [6.07, 6.45) is 6.41. The lowest BCUT2D eigenvalue weighted by Crippen LogP contribution is -2.67. The number of hydrogen-bond acceptors (Lipinski definition) is 8. The van der Waals surface area contributed by atoms with Crippen LogP contribution in [-0.4, -0.2) is 67.5 Å². The normalized spacial score (nSPS) is 36.9.